The van der Waals surface area contributed by atoms with Gasteiger partial charge in [-0.05, 0) is 24.1 Å². The Labute approximate surface area is 122 Å². The second kappa shape index (κ2) is 5.38. The molecule has 0 atom stereocenters. The summed E-state index contributed by atoms with van der Waals surface area (Å²) in [6, 6.07) is 4.63. The van der Waals surface area contributed by atoms with Crippen molar-refractivity contribution in [1.29, 1.82) is 0 Å². The highest BCUT2D eigenvalue weighted by atomic mass is 79.9. The van der Waals surface area contributed by atoms with E-state index < -0.39 is 11.8 Å². The minimum atomic E-state index is -1.02. The molecule has 1 N–H and O–H groups in total. The van der Waals surface area contributed by atoms with Gasteiger partial charge in [-0.25, -0.2) is 14.2 Å². The number of halogens is 2. The molecule has 0 aliphatic rings. The zero-order valence-electron chi connectivity index (χ0n) is 10.3. The SMILES string of the molecule is CC(C)c1nc(-c2ccc(Br)cc2F)sc1C(=O)O. The summed E-state index contributed by atoms with van der Waals surface area (Å²) in [6.45, 7) is 3.73. The van der Waals surface area contributed by atoms with E-state index in [-0.39, 0.29) is 10.8 Å². The molecule has 19 heavy (non-hydrogen) atoms. The second-order valence-corrected chi connectivity index (χ2v) is 6.23. The van der Waals surface area contributed by atoms with E-state index in [0.717, 1.165) is 11.3 Å². The summed E-state index contributed by atoms with van der Waals surface area (Å²) in [6.07, 6.45) is 0. The monoisotopic (exact) mass is 343 g/mol. The topological polar surface area (TPSA) is 50.2 Å². The first kappa shape index (κ1) is 14.1. The molecule has 1 aromatic carbocycles. The van der Waals surface area contributed by atoms with Gasteiger partial charge in [-0.2, -0.15) is 0 Å². The van der Waals surface area contributed by atoms with Gasteiger partial charge in [-0.15, -0.1) is 11.3 Å². The maximum absolute atomic E-state index is 13.9. The van der Waals surface area contributed by atoms with Crippen LogP contribution in [0.3, 0.4) is 0 Å². The largest absolute Gasteiger partial charge is 0.477 e. The standard InChI is InChI=1S/C13H11BrFNO2S/c1-6(2)10-11(13(17)18)19-12(16-10)8-4-3-7(14)5-9(8)15/h3-6H,1-2H3,(H,17,18). The van der Waals surface area contributed by atoms with Gasteiger partial charge < -0.3 is 5.11 Å². The summed E-state index contributed by atoms with van der Waals surface area (Å²) in [7, 11) is 0. The Balaban J connectivity index is 2.57. The van der Waals surface area contributed by atoms with Crippen molar-refractivity contribution in [2.75, 3.05) is 0 Å². The van der Waals surface area contributed by atoms with Crippen LogP contribution in [-0.2, 0) is 0 Å². The first-order valence-corrected chi connectivity index (χ1v) is 7.20. The Hall–Kier alpha value is -1.27. The lowest BCUT2D eigenvalue weighted by atomic mass is 10.1. The van der Waals surface area contributed by atoms with Crippen LogP contribution in [0.2, 0.25) is 0 Å². The molecule has 0 saturated carbocycles. The van der Waals surface area contributed by atoms with Gasteiger partial charge in [0.1, 0.15) is 15.7 Å². The molecule has 0 amide bonds. The molecule has 0 bridgehead atoms. The maximum atomic E-state index is 13.9. The highest BCUT2D eigenvalue weighted by molar-refractivity contribution is 9.10. The molecule has 0 unspecified atom stereocenters. The summed E-state index contributed by atoms with van der Waals surface area (Å²) in [5.41, 5.74) is 0.817. The molecule has 0 spiro atoms. The number of hydrogen-bond donors (Lipinski definition) is 1. The number of aromatic nitrogens is 1. The molecule has 1 aromatic heterocycles. The van der Waals surface area contributed by atoms with Gasteiger partial charge in [0.05, 0.1) is 5.69 Å². The van der Waals surface area contributed by atoms with E-state index in [1.807, 2.05) is 13.8 Å². The highest BCUT2D eigenvalue weighted by Gasteiger charge is 2.21. The molecule has 2 aromatic rings. The van der Waals surface area contributed by atoms with Crippen molar-refractivity contribution >= 4 is 33.2 Å². The van der Waals surface area contributed by atoms with Crippen LogP contribution in [0.4, 0.5) is 4.39 Å². The average molecular weight is 344 g/mol. The Morgan fingerprint density at radius 1 is 1.47 bits per heavy atom. The molecule has 0 saturated heterocycles. The Morgan fingerprint density at radius 3 is 2.63 bits per heavy atom. The molecular formula is C13H11BrFNO2S. The predicted octanol–water partition coefficient (Wildman–Crippen LogP) is 4.53. The van der Waals surface area contributed by atoms with E-state index in [9.17, 15) is 9.18 Å². The van der Waals surface area contributed by atoms with Crippen LogP contribution in [0, 0.1) is 5.82 Å². The minimum absolute atomic E-state index is 0.0189. The quantitative estimate of drug-likeness (QED) is 0.890. The molecule has 3 nitrogen and oxygen atoms in total. The number of thiazole rings is 1. The van der Waals surface area contributed by atoms with E-state index >= 15 is 0 Å². The summed E-state index contributed by atoms with van der Waals surface area (Å²) < 4.78 is 14.5. The molecule has 6 heteroatoms. The van der Waals surface area contributed by atoms with Crippen LogP contribution in [-0.4, -0.2) is 16.1 Å². The number of benzene rings is 1. The number of carboxylic acids is 1. The van der Waals surface area contributed by atoms with Crippen molar-refractivity contribution in [3.8, 4) is 10.6 Å². The molecule has 0 aliphatic heterocycles. The summed E-state index contributed by atoms with van der Waals surface area (Å²) in [5.74, 6) is -1.46. The normalized spacial score (nSPS) is 11.0. The van der Waals surface area contributed by atoms with E-state index in [1.165, 1.54) is 6.07 Å². The smallest absolute Gasteiger partial charge is 0.347 e. The number of aromatic carboxylic acids is 1. The third-order valence-corrected chi connectivity index (χ3v) is 4.14. The fourth-order valence-electron chi connectivity index (χ4n) is 1.65. The zero-order valence-corrected chi connectivity index (χ0v) is 12.7. The van der Waals surface area contributed by atoms with Gasteiger partial charge in [-0.1, -0.05) is 29.8 Å². The second-order valence-electron chi connectivity index (χ2n) is 4.32. The fourth-order valence-corrected chi connectivity index (χ4v) is 3.07. The molecular weight excluding hydrogens is 333 g/mol. The van der Waals surface area contributed by atoms with Crippen LogP contribution in [0.5, 0.6) is 0 Å². The van der Waals surface area contributed by atoms with Gasteiger partial charge in [0.25, 0.3) is 0 Å². The highest BCUT2D eigenvalue weighted by Crippen LogP contribution is 2.33. The molecule has 0 aliphatic carbocycles. The predicted molar refractivity (Wildman–Crippen MR) is 76.3 cm³/mol. The molecule has 1 heterocycles. The third-order valence-electron chi connectivity index (χ3n) is 2.56. The lowest BCUT2D eigenvalue weighted by Crippen LogP contribution is -2.00. The Bertz CT molecular complexity index is 640. The van der Waals surface area contributed by atoms with Crippen LogP contribution in [0.15, 0.2) is 22.7 Å². The van der Waals surface area contributed by atoms with Crippen molar-refractivity contribution in [2.24, 2.45) is 0 Å². The first-order valence-electron chi connectivity index (χ1n) is 5.59. The summed E-state index contributed by atoms with van der Waals surface area (Å²) in [5, 5.41) is 9.55. The summed E-state index contributed by atoms with van der Waals surface area (Å²) in [4.78, 5) is 15.6. The van der Waals surface area contributed by atoms with Crippen LogP contribution >= 0.6 is 27.3 Å². The van der Waals surface area contributed by atoms with Crippen LogP contribution in [0.1, 0.15) is 35.1 Å². The third kappa shape index (κ3) is 2.84. The molecule has 2 rings (SSSR count). The lowest BCUT2D eigenvalue weighted by molar-refractivity contribution is 0.0700. The van der Waals surface area contributed by atoms with Crippen molar-refractivity contribution in [3.63, 3.8) is 0 Å². The van der Waals surface area contributed by atoms with Gasteiger partial charge in [0.2, 0.25) is 0 Å². The van der Waals surface area contributed by atoms with Gasteiger partial charge in [-0.3, -0.25) is 0 Å². The van der Waals surface area contributed by atoms with Crippen molar-refractivity contribution in [3.05, 3.63) is 39.1 Å². The van der Waals surface area contributed by atoms with E-state index in [0.29, 0.717) is 20.7 Å². The molecule has 0 fully saturated rings. The van der Waals surface area contributed by atoms with Gasteiger partial charge in [0.15, 0.2) is 0 Å². The first-order chi connectivity index (χ1) is 8.90. The van der Waals surface area contributed by atoms with Crippen molar-refractivity contribution in [1.82, 2.24) is 4.98 Å². The fraction of sp³-hybridized carbons (Fsp3) is 0.231. The van der Waals surface area contributed by atoms with Gasteiger partial charge in [0, 0.05) is 10.0 Å². The maximum Gasteiger partial charge on any atom is 0.347 e. The Morgan fingerprint density at radius 2 is 2.16 bits per heavy atom. The molecule has 0 radical (unpaired) electrons. The van der Waals surface area contributed by atoms with E-state index in [1.54, 1.807) is 12.1 Å². The number of hydrogen-bond acceptors (Lipinski definition) is 3. The number of rotatable bonds is 3. The van der Waals surface area contributed by atoms with E-state index in [2.05, 4.69) is 20.9 Å². The van der Waals surface area contributed by atoms with Crippen molar-refractivity contribution in [2.45, 2.75) is 19.8 Å². The number of carbonyl (C=O) groups is 1. The van der Waals surface area contributed by atoms with E-state index in [4.69, 9.17) is 5.11 Å². The van der Waals surface area contributed by atoms with Crippen LogP contribution in [0.25, 0.3) is 10.6 Å². The van der Waals surface area contributed by atoms with Crippen LogP contribution < -0.4 is 0 Å². The molecule has 100 valence electrons. The summed E-state index contributed by atoms with van der Waals surface area (Å²) >= 11 is 4.19. The Kier molecular flexibility index (Phi) is 4.01. The number of nitrogens with zero attached hydrogens (tertiary/aromatic N) is 1. The van der Waals surface area contributed by atoms with Gasteiger partial charge >= 0.3 is 5.97 Å². The number of carboxylic acid groups (broad SMARTS) is 1. The average Bonchev–Trinajstić information content (AvgIpc) is 2.73. The van der Waals surface area contributed by atoms with Crippen molar-refractivity contribution < 1.29 is 14.3 Å². The lowest BCUT2D eigenvalue weighted by Gasteiger charge is -2.01. The zero-order chi connectivity index (χ0) is 14.2. The minimum Gasteiger partial charge on any atom is -0.477 e.